The monoisotopic (exact) mass is 374 g/mol. The van der Waals surface area contributed by atoms with Crippen LogP contribution in [0.2, 0.25) is 0 Å². The van der Waals surface area contributed by atoms with Gasteiger partial charge >= 0.3 is 5.97 Å². The number of nitrogens with zero attached hydrogens (tertiary/aromatic N) is 3. The van der Waals surface area contributed by atoms with Crippen molar-refractivity contribution in [2.75, 3.05) is 6.54 Å². The second-order valence-electron chi connectivity index (χ2n) is 5.73. The van der Waals surface area contributed by atoms with E-state index in [9.17, 15) is 14.4 Å². The van der Waals surface area contributed by atoms with E-state index in [1.807, 2.05) is 0 Å². The van der Waals surface area contributed by atoms with Gasteiger partial charge in [0.1, 0.15) is 12.4 Å². The van der Waals surface area contributed by atoms with E-state index in [1.165, 1.54) is 12.1 Å². The molecule has 1 aliphatic rings. The van der Waals surface area contributed by atoms with Crippen LogP contribution in [0.15, 0.2) is 41.7 Å². The lowest BCUT2D eigenvalue weighted by atomic mass is 10.1. The lowest BCUT2D eigenvalue weighted by molar-refractivity contribution is -0.128. The fourth-order valence-corrected chi connectivity index (χ4v) is 2.32. The highest BCUT2D eigenvalue weighted by molar-refractivity contribution is 6.48. The van der Waals surface area contributed by atoms with Crippen LogP contribution in [0.5, 0.6) is 0 Å². The van der Waals surface area contributed by atoms with Gasteiger partial charge in [-0.3, -0.25) is 14.5 Å². The van der Waals surface area contributed by atoms with Gasteiger partial charge in [0.2, 0.25) is 0 Å². The van der Waals surface area contributed by atoms with Gasteiger partial charge in [0, 0.05) is 24.9 Å². The summed E-state index contributed by atoms with van der Waals surface area (Å²) < 4.78 is 0. The number of aromatic carboxylic acids is 1. The average Bonchev–Trinajstić information content (AvgIpc) is 3.19. The van der Waals surface area contributed by atoms with E-state index in [2.05, 4.69) is 38.8 Å². The zero-order chi connectivity index (χ0) is 19.9. The van der Waals surface area contributed by atoms with E-state index in [0.717, 1.165) is 10.5 Å². The smallest absolute Gasteiger partial charge is 0.335 e. The van der Waals surface area contributed by atoms with Crippen molar-refractivity contribution in [1.82, 2.24) is 14.9 Å². The van der Waals surface area contributed by atoms with E-state index in [-0.39, 0.29) is 17.8 Å². The number of H-pyrrole nitrogens is 1. The van der Waals surface area contributed by atoms with E-state index in [0.29, 0.717) is 18.7 Å². The van der Waals surface area contributed by atoms with E-state index >= 15 is 0 Å². The van der Waals surface area contributed by atoms with Gasteiger partial charge in [-0.1, -0.05) is 24.0 Å². The molecule has 0 atom stereocenters. The van der Waals surface area contributed by atoms with Crippen molar-refractivity contribution in [1.29, 1.82) is 0 Å². The number of hydrogen-bond donors (Lipinski definition) is 2. The minimum absolute atomic E-state index is 0.150. The van der Waals surface area contributed by atoms with Gasteiger partial charge in [-0.15, -0.1) is 0 Å². The second-order valence-corrected chi connectivity index (χ2v) is 5.73. The van der Waals surface area contributed by atoms with Crippen molar-refractivity contribution < 1.29 is 19.5 Å². The van der Waals surface area contributed by atoms with Crippen molar-refractivity contribution >= 4 is 23.5 Å². The molecular formula is C20H14N4O4. The predicted molar refractivity (Wildman–Crippen MR) is 99.1 cm³/mol. The van der Waals surface area contributed by atoms with Gasteiger partial charge in [0.25, 0.3) is 11.8 Å². The lowest BCUT2D eigenvalue weighted by Crippen LogP contribution is -2.40. The molecule has 0 saturated heterocycles. The molecule has 0 fully saturated rings. The van der Waals surface area contributed by atoms with Crippen molar-refractivity contribution in [3.63, 3.8) is 0 Å². The molecule has 0 bridgehead atoms. The van der Waals surface area contributed by atoms with E-state index in [4.69, 9.17) is 5.11 Å². The Labute approximate surface area is 160 Å². The van der Waals surface area contributed by atoms with E-state index in [1.54, 1.807) is 24.5 Å². The number of hydrogen-bond acceptors (Lipinski definition) is 4. The zero-order valence-corrected chi connectivity index (χ0v) is 14.6. The molecule has 1 aliphatic heterocycles. The summed E-state index contributed by atoms with van der Waals surface area (Å²) in [5, 5.41) is 8.88. The summed E-state index contributed by atoms with van der Waals surface area (Å²) >= 11 is 0. The van der Waals surface area contributed by atoms with Gasteiger partial charge in [0.05, 0.1) is 12.0 Å². The number of carboxylic acid groups (broad SMARTS) is 1. The average molecular weight is 374 g/mol. The summed E-state index contributed by atoms with van der Waals surface area (Å²) in [6, 6.07) is 8.91. The molecule has 2 aromatic rings. The topological polar surface area (TPSA) is 116 Å². The molecule has 0 unspecified atom stereocenters. The maximum Gasteiger partial charge on any atom is 0.335 e. The van der Waals surface area contributed by atoms with Crippen LogP contribution >= 0.6 is 0 Å². The molecule has 2 heterocycles. The van der Waals surface area contributed by atoms with Crippen LogP contribution in [-0.4, -0.2) is 50.0 Å². The maximum atomic E-state index is 12.4. The first-order valence-electron chi connectivity index (χ1n) is 8.24. The van der Waals surface area contributed by atoms with Gasteiger partial charge in [-0.2, -0.15) is 4.99 Å². The molecule has 0 radical (unpaired) electrons. The molecule has 8 nitrogen and oxygen atoms in total. The Balaban J connectivity index is 1.65. The number of carbonyl (C=O) groups is 3. The van der Waals surface area contributed by atoms with Crippen molar-refractivity contribution in [2.24, 2.45) is 4.99 Å². The largest absolute Gasteiger partial charge is 0.478 e. The Morgan fingerprint density at radius 2 is 1.96 bits per heavy atom. The number of rotatable bonds is 3. The summed E-state index contributed by atoms with van der Waals surface area (Å²) in [4.78, 5) is 46.6. The first kappa shape index (κ1) is 18.6. The molecule has 2 amide bonds. The summed E-state index contributed by atoms with van der Waals surface area (Å²) in [5.74, 6) is 6.78. The summed E-state index contributed by atoms with van der Waals surface area (Å²) in [6.07, 6.45) is 3.85. The summed E-state index contributed by atoms with van der Waals surface area (Å²) in [5.41, 5.74) is 0.825. The number of imidazole rings is 1. The molecule has 1 aromatic heterocycles. The number of carboxylic acids is 1. The van der Waals surface area contributed by atoms with Crippen LogP contribution in [0.25, 0.3) is 0 Å². The quantitative estimate of drug-likeness (QED) is 0.766. The van der Waals surface area contributed by atoms with Crippen LogP contribution in [0.4, 0.5) is 0 Å². The molecule has 28 heavy (non-hydrogen) atoms. The second kappa shape index (κ2) is 8.47. The number of aromatic amines is 1. The van der Waals surface area contributed by atoms with Crippen LogP contribution in [0.1, 0.15) is 21.7 Å². The Morgan fingerprint density at radius 1 is 1.18 bits per heavy atom. The fourth-order valence-electron chi connectivity index (χ4n) is 2.32. The molecule has 0 aliphatic carbocycles. The molecule has 3 rings (SSSR count). The molecule has 0 saturated carbocycles. The molecular weight excluding hydrogens is 360 g/mol. The molecule has 8 heteroatoms. The first-order valence-corrected chi connectivity index (χ1v) is 8.24. The Kier molecular flexibility index (Phi) is 5.63. The number of amides is 2. The third-order valence-corrected chi connectivity index (χ3v) is 3.70. The minimum Gasteiger partial charge on any atom is -0.478 e. The van der Waals surface area contributed by atoms with Crippen LogP contribution < -0.4 is 0 Å². The highest BCUT2D eigenvalue weighted by Gasteiger charge is 2.25. The predicted octanol–water partition coefficient (Wildman–Crippen LogP) is 0.667. The molecule has 1 aromatic carbocycles. The van der Waals surface area contributed by atoms with Crippen LogP contribution in [0.3, 0.4) is 0 Å². The number of aromatic nitrogens is 2. The first-order chi connectivity index (χ1) is 13.5. The third-order valence-electron chi connectivity index (χ3n) is 3.70. The summed E-state index contributed by atoms with van der Waals surface area (Å²) in [6.45, 7) is -0.229. The third kappa shape index (κ3) is 4.71. The van der Waals surface area contributed by atoms with E-state index < -0.39 is 17.8 Å². The number of aliphatic imine (C=N–C) groups is 1. The molecule has 0 spiro atoms. The SMILES string of the molecule is O=C1CN(C#CCc2ccc(C(=O)O)cc2)C(=O)C(C#CCc2ncc[nH]2)=N1. The fraction of sp³-hybridized carbons (Fsp3) is 0.150. The molecule has 2 N–H and O–H groups in total. The Morgan fingerprint density at radius 3 is 2.64 bits per heavy atom. The number of benzene rings is 1. The van der Waals surface area contributed by atoms with Gasteiger partial charge in [0.15, 0.2) is 5.71 Å². The normalized spacial score (nSPS) is 13.1. The zero-order valence-electron chi connectivity index (χ0n) is 14.6. The van der Waals surface area contributed by atoms with Gasteiger partial charge in [-0.05, 0) is 23.6 Å². The van der Waals surface area contributed by atoms with Gasteiger partial charge < -0.3 is 10.1 Å². The maximum absolute atomic E-state index is 12.4. The van der Waals surface area contributed by atoms with Crippen molar-refractivity contribution in [3.8, 4) is 23.8 Å². The van der Waals surface area contributed by atoms with Crippen molar-refractivity contribution in [2.45, 2.75) is 12.8 Å². The standard InChI is InChI=1S/C20H14N4O4/c25-18-13-24(12-2-3-14-6-8-15(9-7-14)20(27)28)19(26)16(23-18)4-1-5-17-21-10-11-22-17/h6-11H,3,5,13H2,(H,21,22)(H,27,28). The Bertz CT molecular complexity index is 1060. The Hall–Kier alpha value is -4.17. The van der Waals surface area contributed by atoms with Crippen molar-refractivity contribution in [3.05, 3.63) is 53.6 Å². The van der Waals surface area contributed by atoms with Crippen LogP contribution in [-0.2, 0) is 22.4 Å². The number of carbonyl (C=O) groups excluding carboxylic acids is 2. The highest BCUT2D eigenvalue weighted by atomic mass is 16.4. The molecule has 138 valence electrons. The minimum atomic E-state index is -1.00. The van der Waals surface area contributed by atoms with Gasteiger partial charge in [-0.25, -0.2) is 9.78 Å². The lowest BCUT2D eigenvalue weighted by Gasteiger charge is -2.16. The van der Waals surface area contributed by atoms with Crippen LogP contribution in [0, 0.1) is 23.8 Å². The summed E-state index contributed by atoms with van der Waals surface area (Å²) in [7, 11) is 0. The number of nitrogens with one attached hydrogen (secondary N) is 1. The highest BCUT2D eigenvalue weighted by Crippen LogP contribution is 2.05.